The molecule has 3 amide bonds. The number of alkyl halides is 3. The number of para-hydroxylation sites is 1. The molecule has 1 heterocycles. The minimum Gasteiger partial charge on any atom is -0.322 e. The van der Waals surface area contributed by atoms with Crippen molar-refractivity contribution in [1.29, 1.82) is 0 Å². The van der Waals surface area contributed by atoms with Gasteiger partial charge in [-0.15, -0.1) is 0 Å². The second-order valence-corrected chi connectivity index (χ2v) is 5.91. The number of hydrogen-bond acceptors (Lipinski definition) is 3. The third-order valence-corrected chi connectivity index (χ3v) is 3.75. The highest BCUT2D eigenvalue weighted by atomic mass is 19.4. The number of nitrogens with zero attached hydrogens (tertiary/aromatic N) is 1. The summed E-state index contributed by atoms with van der Waals surface area (Å²) >= 11 is 0. The minimum absolute atomic E-state index is 0.0116. The maximum absolute atomic E-state index is 12.5. The number of hydrogen-bond donors (Lipinski definition) is 3. The average Bonchev–Trinajstić information content (AvgIpc) is 2.69. The van der Waals surface area contributed by atoms with Crippen LogP contribution in [0.2, 0.25) is 0 Å². The van der Waals surface area contributed by atoms with Gasteiger partial charge in [-0.1, -0.05) is 18.2 Å². The molecule has 0 atom stereocenters. The summed E-state index contributed by atoms with van der Waals surface area (Å²) in [5.74, 6) is -0.603. The predicted octanol–water partition coefficient (Wildman–Crippen LogP) is 5.00. The number of aromatic nitrogens is 1. The van der Waals surface area contributed by atoms with Gasteiger partial charge in [0, 0.05) is 23.3 Å². The van der Waals surface area contributed by atoms with Gasteiger partial charge in [0.1, 0.15) is 5.69 Å². The standard InChI is InChI=1S/C20H15F3N4O2/c21-20(22,23)17-11-6-13(12-24-17)18(28)25-15-7-9-16(10-8-15)27-19(29)26-14-4-2-1-3-5-14/h1-12H,(H,25,28)(H2,26,27,29). The van der Waals surface area contributed by atoms with E-state index in [9.17, 15) is 22.8 Å². The van der Waals surface area contributed by atoms with E-state index in [1.807, 2.05) is 6.07 Å². The predicted molar refractivity (Wildman–Crippen MR) is 103 cm³/mol. The Bertz CT molecular complexity index is 989. The van der Waals surface area contributed by atoms with Gasteiger partial charge in [0.25, 0.3) is 5.91 Å². The van der Waals surface area contributed by atoms with Gasteiger partial charge in [0.2, 0.25) is 0 Å². The molecule has 0 aliphatic heterocycles. The summed E-state index contributed by atoms with van der Waals surface area (Å²) in [6.07, 6.45) is -3.70. The van der Waals surface area contributed by atoms with Gasteiger partial charge < -0.3 is 16.0 Å². The van der Waals surface area contributed by atoms with Crippen molar-refractivity contribution in [2.45, 2.75) is 6.18 Å². The molecular formula is C20H15F3N4O2. The van der Waals surface area contributed by atoms with Crippen molar-refractivity contribution in [3.8, 4) is 0 Å². The van der Waals surface area contributed by atoms with Crippen LogP contribution in [-0.2, 0) is 6.18 Å². The van der Waals surface area contributed by atoms with E-state index in [4.69, 9.17) is 0 Å². The van der Waals surface area contributed by atoms with Gasteiger partial charge >= 0.3 is 12.2 Å². The Morgan fingerprint density at radius 1 is 0.724 bits per heavy atom. The second kappa shape index (κ2) is 8.42. The Morgan fingerprint density at radius 3 is 1.79 bits per heavy atom. The zero-order valence-electron chi connectivity index (χ0n) is 14.8. The fourth-order valence-electron chi connectivity index (χ4n) is 2.35. The van der Waals surface area contributed by atoms with Crippen molar-refractivity contribution in [2.24, 2.45) is 0 Å². The van der Waals surface area contributed by atoms with Crippen LogP contribution in [0, 0.1) is 0 Å². The van der Waals surface area contributed by atoms with Gasteiger partial charge in [0.05, 0.1) is 5.56 Å². The highest BCUT2D eigenvalue weighted by Gasteiger charge is 2.32. The minimum atomic E-state index is -4.56. The third kappa shape index (κ3) is 5.55. The van der Waals surface area contributed by atoms with Crippen LogP contribution in [0.4, 0.5) is 35.0 Å². The number of carbonyl (C=O) groups excluding carboxylic acids is 2. The van der Waals surface area contributed by atoms with Crippen molar-refractivity contribution < 1.29 is 22.8 Å². The fourth-order valence-corrected chi connectivity index (χ4v) is 2.35. The van der Waals surface area contributed by atoms with Crippen molar-refractivity contribution in [2.75, 3.05) is 16.0 Å². The van der Waals surface area contributed by atoms with E-state index in [2.05, 4.69) is 20.9 Å². The molecule has 0 spiro atoms. The molecule has 0 aliphatic carbocycles. The van der Waals surface area contributed by atoms with Gasteiger partial charge in [-0.3, -0.25) is 9.78 Å². The summed E-state index contributed by atoms with van der Waals surface area (Å²) in [7, 11) is 0. The second-order valence-electron chi connectivity index (χ2n) is 5.91. The molecule has 0 unspecified atom stereocenters. The summed E-state index contributed by atoms with van der Waals surface area (Å²) in [5.41, 5.74) is 0.455. The van der Waals surface area contributed by atoms with Crippen molar-refractivity contribution in [3.05, 3.63) is 84.2 Å². The summed E-state index contributed by atoms with van der Waals surface area (Å²) in [6, 6.07) is 16.5. The summed E-state index contributed by atoms with van der Waals surface area (Å²) in [6.45, 7) is 0. The number of carbonyl (C=O) groups is 2. The van der Waals surface area contributed by atoms with Crippen molar-refractivity contribution in [3.63, 3.8) is 0 Å². The van der Waals surface area contributed by atoms with Crippen LogP contribution in [0.3, 0.4) is 0 Å². The van der Waals surface area contributed by atoms with E-state index in [0.29, 0.717) is 17.1 Å². The molecule has 6 nitrogen and oxygen atoms in total. The highest BCUT2D eigenvalue weighted by molar-refractivity contribution is 6.04. The quantitative estimate of drug-likeness (QED) is 0.577. The SMILES string of the molecule is O=C(Nc1ccccc1)Nc1ccc(NC(=O)c2ccc(C(F)(F)F)nc2)cc1. The molecule has 148 valence electrons. The Labute approximate surface area is 163 Å². The van der Waals surface area contributed by atoms with Crippen LogP contribution in [0.15, 0.2) is 72.9 Å². The summed E-state index contributed by atoms with van der Waals surface area (Å²) in [4.78, 5) is 27.3. The molecule has 0 aliphatic rings. The number of pyridine rings is 1. The Kier molecular flexibility index (Phi) is 5.77. The topological polar surface area (TPSA) is 83.1 Å². The van der Waals surface area contributed by atoms with Crippen LogP contribution in [0.1, 0.15) is 16.1 Å². The van der Waals surface area contributed by atoms with E-state index in [1.54, 1.807) is 48.5 Å². The third-order valence-electron chi connectivity index (χ3n) is 3.75. The molecule has 0 bridgehead atoms. The first kappa shape index (κ1) is 19.9. The number of anilines is 3. The Hall–Kier alpha value is -3.88. The number of halogens is 3. The van der Waals surface area contributed by atoms with Crippen LogP contribution in [0.5, 0.6) is 0 Å². The first-order chi connectivity index (χ1) is 13.8. The molecule has 3 N–H and O–H groups in total. The molecule has 0 fully saturated rings. The maximum Gasteiger partial charge on any atom is 0.433 e. The summed E-state index contributed by atoms with van der Waals surface area (Å²) in [5, 5.41) is 7.86. The van der Waals surface area contributed by atoms with Crippen LogP contribution >= 0.6 is 0 Å². The van der Waals surface area contributed by atoms with Crippen LogP contribution in [-0.4, -0.2) is 16.9 Å². The van der Waals surface area contributed by atoms with Crippen molar-refractivity contribution in [1.82, 2.24) is 4.98 Å². The lowest BCUT2D eigenvalue weighted by Gasteiger charge is -2.10. The first-order valence-corrected chi connectivity index (χ1v) is 8.39. The molecule has 3 rings (SSSR count). The van der Waals surface area contributed by atoms with Crippen molar-refractivity contribution >= 4 is 29.0 Å². The lowest BCUT2D eigenvalue weighted by Crippen LogP contribution is -2.19. The number of rotatable bonds is 4. The number of nitrogens with one attached hydrogen (secondary N) is 3. The fraction of sp³-hybridized carbons (Fsp3) is 0.0500. The van der Waals surface area contributed by atoms with E-state index < -0.39 is 23.8 Å². The van der Waals surface area contributed by atoms with E-state index in [-0.39, 0.29) is 5.56 Å². The monoisotopic (exact) mass is 400 g/mol. The van der Waals surface area contributed by atoms with E-state index in [1.165, 1.54) is 0 Å². The average molecular weight is 400 g/mol. The largest absolute Gasteiger partial charge is 0.433 e. The zero-order chi connectivity index (χ0) is 20.9. The van der Waals surface area contributed by atoms with E-state index in [0.717, 1.165) is 18.3 Å². The first-order valence-electron chi connectivity index (χ1n) is 8.39. The van der Waals surface area contributed by atoms with E-state index >= 15 is 0 Å². The molecule has 2 aromatic carbocycles. The van der Waals surface area contributed by atoms with Crippen LogP contribution < -0.4 is 16.0 Å². The Balaban J connectivity index is 1.57. The lowest BCUT2D eigenvalue weighted by molar-refractivity contribution is -0.141. The molecule has 9 heteroatoms. The molecule has 0 saturated carbocycles. The molecule has 3 aromatic rings. The molecule has 29 heavy (non-hydrogen) atoms. The number of amides is 3. The molecule has 1 aromatic heterocycles. The maximum atomic E-state index is 12.5. The lowest BCUT2D eigenvalue weighted by atomic mass is 10.2. The molecule has 0 saturated heterocycles. The number of urea groups is 1. The Morgan fingerprint density at radius 2 is 1.28 bits per heavy atom. The molecule has 0 radical (unpaired) electrons. The molecular weight excluding hydrogens is 385 g/mol. The van der Waals surface area contributed by atoms with Gasteiger partial charge in [0.15, 0.2) is 0 Å². The van der Waals surface area contributed by atoms with Gasteiger partial charge in [-0.2, -0.15) is 13.2 Å². The smallest absolute Gasteiger partial charge is 0.322 e. The summed E-state index contributed by atoms with van der Waals surface area (Å²) < 4.78 is 37.6. The normalized spacial score (nSPS) is 10.9. The van der Waals surface area contributed by atoms with Gasteiger partial charge in [-0.25, -0.2) is 4.79 Å². The highest BCUT2D eigenvalue weighted by Crippen LogP contribution is 2.27. The van der Waals surface area contributed by atoms with Gasteiger partial charge in [-0.05, 0) is 48.5 Å². The zero-order valence-corrected chi connectivity index (χ0v) is 14.8. The number of benzene rings is 2. The van der Waals surface area contributed by atoms with Crippen LogP contribution in [0.25, 0.3) is 0 Å².